The van der Waals surface area contributed by atoms with Crippen molar-refractivity contribution in [3.63, 3.8) is 0 Å². The molecule has 1 atom stereocenters. The van der Waals surface area contributed by atoms with Gasteiger partial charge in [0, 0.05) is 0 Å². The van der Waals surface area contributed by atoms with Gasteiger partial charge in [0.1, 0.15) is 6.10 Å². The van der Waals surface area contributed by atoms with Crippen LogP contribution in [-0.4, -0.2) is 41.8 Å². The maximum Gasteiger partial charge on any atom is 0.297 e. The monoisotopic (exact) mass is 456 g/mol. The van der Waals surface area contributed by atoms with Crippen LogP contribution in [0.1, 0.15) is 31.9 Å². The fourth-order valence-corrected chi connectivity index (χ4v) is 4.31. The minimum absolute atomic E-state index is 0.0232. The van der Waals surface area contributed by atoms with Gasteiger partial charge in [-0.3, -0.25) is 8.37 Å². The third-order valence-electron chi connectivity index (χ3n) is 3.99. The zero-order chi connectivity index (χ0) is 22.6. The van der Waals surface area contributed by atoms with Gasteiger partial charge in [-0.15, -0.1) is 0 Å². The second-order valence-corrected chi connectivity index (χ2v) is 11.1. The van der Waals surface area contributed by atoms with Crippen molar-refractivity contribution in [1.29, 1.82) is 0 Å². The first-order chi connectivity index (χ1) is 13.8. The molecule has 0 saturated heterocycles. The largest absolute Gasteiger partial charge is 0.373 e. The highest BCUT2D eigenvalue weighted by molar-refractivity contribution is 7.87. The van der Waals surface area contributed by atoms with Crippen molar-refractivity contribution in [1.82, 2.24) is 0 Å². The summed E-state index contributed by atoms with van der Waals surface area (Å²) in [5.41, 5.74) is 1.22. The number of ether oxygens (including phenoxy) is 1. The van der Waals surface area contributed by atoms with E-state index in [1.54, 1.807) is 45.0 Å². The van der Waals surface area contributed by atoms with E-state index in [-0.39, 0.29) is 16.4 Å². The van der Waals surface area contributed by atoms with Gasteiger partial charge in [0.15, 0.2) is 0 Å². The lowest BCUT2D eigenvalue weighted by Crippen LogP contribution is -2.33. The highest BCUT2D eigenvalue weighted by Crippen LogP contribution is 2.19. The second kappa shape index (κ2) is 9.57. The average molecular weight is 457 g/mol. The summed E-state index contributed by atoms with van der Waals surface area (Å²) in [6.07, 6.45) is -1.16. The summed E-state index contributed by atoms with van der Waals surface area (Å²) < 4.78 is 66.1. The molecule has 1 unspecified atom stereocenters. The van der Waals surface area contributed by atoms with E-state index >= 15 is 0 Å². The van der Waals surface area contributed by atoms with Crippen molar-refractivity contribution in [3.05, 3.63) is 59.7 Å². The SMILES string of the molecule is Cc1ccc(S(=O)(=O)OCC(COC(C)(C)C)OS(=O)(=O)c2ccc(C)cc2)cc1. The fourth-order valence-electron chi connectivity index (χ4n) is 2.32. The van der Waals surface area contributed by atoms with E-state index in [1.807, 2.05) is 13.8 Å². The number of rotatable bonds is 9. The first-order valence-electron chi connectivity index (χ1n) is 9.38. The summed E-state index contributed by atoms with van der Waals surface area (Å²) in [7, 11) is -8.22. The molecule has 0 spiro atoms. The zero-order valence-corrected chi connectivity index (χ0v) is 19.4. The van der Waals surface area contributed by atoms with E-state index in [4.69, 9.17) is 13.1 Å². The summed E-state index contributed by atoms with van der Waals surface area (Å²) >= 11 is 0. The van der Waals surface area contributed by atoms with E-state index in [0.29, 0.717) is 0 Å². The molecule has 0 aliphatic heterocycles. The standard InChI is InChI=1S/C21H28O7S2/c1-16-6-10-19(11-7-16)29(22,23)27-15-18(14-26-21(3,4)5)28-30(24,25)20-12-8-17(2)9-13-20/h6-13,18H,14-15H2,1-5H3. The Morgan fingerprint density at radius 1 is 0.733 bits per heavy atom. The molecule has 166 valence electrons. The van der Waals surface area contributed by atoms with E-state index in [0.717, 1.165) is 11.1 Å². The van der Waals surface area contributed by atoms with Crippen molar-refractivity contribution in [2.75, 3.05) is 13.2 Å². The minimum Gasteiger partial charge on any atom is -0.373 e. The third-order valence-corrected chi connectivity index (χ3v) is 6.66. The summed E-state index contributed by atoms with van der Waals surface area (Å²) in [5, 5.41) is 0. The van der Waals surface area contributed by atoms with Crippen LogP contribution in [0.15, 0.2) is 58.3 Å². The van der Waals surface area contributed by atoms with Crippen LogP contribution in [0.5, 0.6) is 0 Å². The predicted octanol–water partition coefficient (Wildman–Crippen LogP) is 3.60. The molecular formula is C21H28O7S2. The van der Waals surface area contributed by atoms with Crippen LogP contribution < -0.4 is 0 Å². The van der Waals surface area contributed by atoms with Crippen LogP contribution >= 0.6 is 0 Å². The Morgan fingerprint density at radius 2 is 1.17 bits per heavy atom. The molecule has 2 aromatic carbocycles. The van der Waals surface area contributed by atoms with Crippen LogP contribution in [0.4, 0.5) is 0 Å². The van der Waals surface area contributed by atoms with E-state index < -0.39 is 38.5 Å². The normalized spacial score (nSPS) is 13.9. The second-order valence-electron chi connectivity index (χ2n) is 7.96. The van der Waals surface area contributed by atoms with Gasteiger partial charge in [0.2, 0.25) is 0 Å². The molecule has 2 aromatic rings. The van der Waals surface area contributed by atoms with Crippen LogP contribution in [0.2, 0.25) is 0 Å². The zero-order valence-electron chi connectivity index (χ0n) is 17.8. The molecule has 0 amide bonds. The van der Waals surface area contributed by atoms with E-state index in [9.17, 15) is 16.8 Å². The quantitative estimate of drug-likeness (QED) is 0.532. The molecule has 9 heteroatoms. The summed E-state index contributed by atoms with van der Waals surface area (Å²) in [4.78, 5) is -0.0553. The summed E-state index contributed by atoms with van der Waals surface area (Å²) in [6.45, 7) is 8.37. The molecule has 0 bridgehead atoms. The van der Waals surface area contributed by atoms with Crippen LogP contribution in [0.3, 0.4) is 0 Å². The molecule has 0 radical (unpaired) electrons. The Morgan fingerprint density at radius 3 is 1.60 bits per heavy atom. The number of hydrogen-bond acceptors (Lipinski definition) is 7. The Labute approximate surface area is 179 Å². The van der Waals surface area contributed by atoms with Gasteiger partial charge in [0.05, 0.1) is 28.6 Å². The maximum atomic E-state index is 12.6. The van der Waals surface area contributed by atoms with Crippen LogP contribution in [0.25, 0.3) is 0 Å². The molecule has 0 aliphatic rings. The number of hydrogen-bond donors (Lipinski definition) is 0. The average Bonchev–Trinajstić information content (AvgIpc) is 2.64. The Hall–Kier alpha value is -1.78. The van der Waals surface area contributed by atoms with Crippen molar-refractivity contribution in [2.45, 2.75) is 56.1 Å². The smallest absolute Gasteiger partial charge is 0.297 e. The Bertz CT molecular complexity index is 1030. The molecule has 30 heavy (non-hydrogen) atoms. The Kier molecular flexibility index (Phi) is 7.81. The van der Waals surface area contributed by atoms with Gasteiger partial charge in [0.25, 0.3) is 20.2 Å². The predicted molar refractivity (Wildman–Crippen MR) is 113 cm³/mol. The van der Waals surface area contributed by atoms with Gasteiger partial charge in [-0.1, -0.05) is 35.4 Å². The number of aryl methyl sites for hydroxylation is 2. The highest BCUT2D eigenvalue weighted by atomic mass is 32.2. The molecule has 0 aliphatic carbocycles. The molecule has 0 aromatic heterocycles. The van der Waals surface area contributed by atoms with Crippen LogP contribution in [-0.2, 0) is 33.3 Å². The van der Waals surface area contributed by atoms with E-state index in [1.165, 1.54) is 24.3 Å². The van der Waals surface area contributed by atoms with E-state index in [2.05, 4.69) is 0 Å². The fraction of sp³-hybridized carbons (Fsp3) is 0.429. The molecule has 2 rings (SSSR count). The lowest BCUT2D eigenvalue weighted by atomic mass is 10.2. The first kappa shape index (κ1) is 24.5. The number of benzene rings is 2. The molecule has 0 N–H and O–H groups in total. The van der Waals surface area contributed by atoms with Crippen molar-refractivity contribution >= 4 is 20.2 Å². The topological polar surface area (TPSA) is 96.0 Å². The van der Waals surface area contributed by atoms with Crippen molar-refractivity contribution in [3.8, 4) is 0 Å². The lowest BCUT2D eigenvalue weighted by molar-refractivity contribution is -0.0491. The molecule has 0 heterocycles. The summed E-state index contributed by atoms with van der Waals surface area (Å²) in [6, 6.07) is 12.3. The first-order valence-corrected chi connectivity index (χ1v) is 12.2. The van der Waals surface area contributed by atoms with Gasteiger partial charge >= 0.3 is 0 Å². The minimum atomic E-state index is -4.14. The van der Waals surface area contributed by atoms with Gasteiger partial charge in [-0.2, -0.15) is 16.8 Å². The van der Waals surface area contributed by atoms with Crippen LogP contribution in [0, 0.1) is 13.8 Å². The lowest BCUT2D eigenvalue weighted by Gasteiger charge is -2.24. The van der Waals surface area contributed by atoms with Gasteiger partial charge in [-0.05, 0) is 58.9 Å². The van der Waals surface area contributed by atoms with Crippen molar-refractivity contribution < 1.29 is 29.9 Å². The Balaban J connectivity index is 2.18. The van der Waals surface area contributed by atoms with Crippen molar-refractivity contribution in [2.24, 2.45) is 0 Å². The molecule has 0 saturated carbocycles. The highest BCUT2D eigenvalue weighted by Gasteiger charge is 2.27. The maximum absolute atomic E-state index is 12.6. The summed E-state index contributed by atoms with van der Waals surface area (Å²) in [5.74, 6) is 0. The molecular weight excluding hydrogens is 428 g/mol. The molecule has 0 fully saturated rings. The van der Waals surface area contributed by atoms with Gasteiger partial charge < -0.3 is 4.74 Å². The third kappa shape index (κ3) is 7.48. The van der Waals surface area contributed by atoms with Gasteiger partial charge in [-0.25, -0.2) is 0 Å². The molecule has 7 nitrogen and oxygen atoms in total.